The van der Waals surface area contributed by atoms with Crippen LogP contribution in [-0.4, -0.2) is 73.0 Å². The van der Waals surface area contributed by atoms with E-state index in [0.29, 0.717) is 32.8 Å². The van der Waals surface area contributed by atoms with Crippen LogP contribution < -0.4 is 10.2 Å². The Kier molecular flexibility index (Phi) is 6.48. The van der Waals surface area contributed by atoms with E-state index in [-0.39, 0.29) is 12.5 Å². The number of carbonyl (C=O) groups excluding carboxylic acids is 1. The van der Waals surface area contributed by atoms with Crippen LogP contribution in [0.25, 0.3) is 0 Å². The number of furan rings is 1. The molecule has 9 nitrogen and oxygen atoms in total. The van der Waals surface area contributed by atoms with Gasteiger partial charge in [0.15, 0.2) is 5.96 Å². The van der Waals surface area contributed by atoms with Crippen LogP contribution in [0.1, 0.15) is 5.76 Å². The van der Waals surface area contributed by atoms with Gasteiger partial charge in [-0.2, -0.15) is 5.10 Å². The number of aliphatic imine (C=N–C) groups is 1. The van der Waals surface area contributed by atoms with E-state index >= 15 is 0 Å². The molecule has 2 aromatic heterocycles. The molecule has 1 fully saturated rings. The first-order chi connectivity index (χ1) is 13.2. The second-order valence-corrected chi connectivity index (χ2v) is 6.29. The van der Waals surface area contributed by atoms with Crippen LogP contribution in [0.3, 0.4) is 0 Å². The molecule has 27 heavy (non-hydrogen) atoms. The summed E-state index contributed by atoms with van der Waals surface area (Å²) in [4.78, 5) is 21.0. The van der Waals surface area contributed by atoms with Crippen LogP contribution in [0.15, 0.2) is 40.2 Å². The molecular formula is C18H26N6O3. The number of anilines is 1. The quantitative estimate of drug-likeness (QED) is 0.431. The highest BCUT2D eigenvalue weighted by atomic mass is 16.5. The summed E-state index contributed by atoms with van der Waals surface area (Å²) < 4.78 is 12.1. The third-order valence-corrected chi connectivity index (χ3v) is 4.31. The summed E-state index contributed by atoms with van der Waals surface area (Å²) in [5.41, 5.74) is 0.825. The van der Waals surface area contributed by atoms with Crippen LogP contribution >= 0.6 is 0 Å². The summed E-state index contributed by atoms with van der Waals surface area (Å²) >= 11 is 0. The molecule has 0 aromatic carbocycles. The molecule has 0 aliphatic carbocycles. The van der Waals surface area contributed by atoms with Gasteiger partial charge in [-0.15, -0.1) is 0 Å². The van der Waals surface area contributed by atoms with E-state index < -0.39 is 0 Å². The van der Waals surface area contributed by atoms with Crippen LogP contribution in [0.2, 0.25) is 0 Å². The zero-order valence-corrected chi connectivity index (χ0v) is 15.8. The maximum atomic E-state index is 12.6. The van der Waals surface area contributed by atoms with E-state index in [2.05, 4.69) is 15.4 Å². The number of rotatable bonds is 7. The number of aromatic nitrogens is 2. The molecule has 0 unspecified atom stereocenters. The Morgan fingerprint density at radius 1 is 1.44 bits per heavy atom. The number of hydrogen-bond donors (Lipinski definition) is 1. The number of aryl methyl sites for hydroxylation is 1. The maximum Gasteiger partial charge on any atom is 0.246 e. The van der Waals surface area contributed by atoms with Crippen LogP contribution in [0.4, 0.5) is 5.69 Å². The highest BCUT2D eigenvalue weighted by molar-refractivity contribution is 5.98. The summed E-state index contributed by atoms with van der Waals surface area (Å²) in [6, 6.07) is 3.82. The largest absolute Gasteiger partial charge is 0.469 e. The predicted octanol–water partition coefficient (Wildman–Crippen LogP) is 0.496. The van der Waals surface area contributed by atoms with Gasteiger partial charge >= 0.3 is 0 Å². The number of amides is 1. The van der Waals surface area contributed by atoms with Gasteiger partial charge in [0.25, 0.3) is 0 Å². The molecule has 1 amide bonds. The molecule has 3 heterocycles. The van der Waals surface area contributed by atoms with Crippen molar-refractivity contribution in [1.29, 1.82) is 0 Å². The third-order valence-electron chi connectivity index (χ3n) is 4.31. The van der Waals surface area contributed by atoms with E-state index in [4.69, 9.17) is 9.15 Å². The van der Waals surface area contributed by atoms with Gasteiger partial charge in [0.2, 0.25) is 5.91 Å². The summed E-state index contributed by atoms with van der Waals surface area (Å²) in [7, 11) is 3.49. The first-order valence-corrected chi connectivity index (χ1v) is 9.01. The van der Waals surface area contributed by atoms with Crippen molar-refractivity contribution in [3.63, 3.8) is 0 Å². The molecule has 0 saturated carbocycles. The number of methoxy groups -OCH3 is 1. The summed E-state index contributed by atoms with van der Waals surface area (Å²) in [6.07, 6.45) is 5.98. The lowest BCUT2D eigenvalue weighted by molar-refractivity contribution is -0.120. The molecule has 0 spiro atoms. The van der Waals surface area contributed by atoms with E-state index in [9.17, 15) is 4.79 Å². The second-order valence-electron chi connectivity index (χ2n) is 6.29. The zero-order chi connectivity index (χ0) is 19.1. The van der Waals surface area contributed by atoms with Gasteiger partial charge in [-0.05, 0) is 12.1 Å². The van der Waals surface area contributed by atoms with Gasteiger partial charge in [0, 0.05) is 46.4 Å². The highest BCUT2D eigenvalue weighted by Crippen LogP contribution is 2.16. The van der Waals surface area contributed by atoms with Crippen molar-refractivity contribution in [2.75, 3.05) is 51.3 Å². The van der Waals surface area contributed by atoms with Crippen LogP contribution in [0, 0.1) is 0 Å². The van der Waals surface area contributed by atoms with Crippen LogP contribution in [-0.2, 0) is 23.0 Å². The van der Waals surface area contributed by atoms with Gasteiger partial charge in [-0.3, -0.25) is 14.5 Å². The fraction of sp³-hybridized carbons (Fsp3) is 0.500. The lowest BCUT2D eigenvalue weighted by Crippen LogP contribution is -2.55. The molecule has 0 atom stereocenters. The topological polar surface area (TPSA) is 88.1 Å². The van der Waals surface area contributed by atoms with Gasteiger partial charge in [0.05, 0.1) is 31.3 Å². The average molecular weight is 374 g/mol. The summed E-state index contributed by atoms with van der Waals surface area (Å²) in [5, 5.41) is 7.48. The minimum Gasteiger partial charge on any atom is -0.469 e. The SMILES string of the molecule is COCCN=C(NCCc1ccco1)N1CCN(c2cnn(C)c2)C(=O)C1. The number of ether oxygens (including phenoxy) is 1. The Bertz CT molecular complexity index is 755. The Morgan fingerprint density at radius 2 is 2.33 bits per heavy atom. The Balaban J connectivity index is 1.60. The monoisotopic (exact) mass is 374 g/mol. The van der Waals surface area contributed by atoms with E-state index in [1.165, 1.54) is 0 Å². The molecule has 1 saturated heterocycles. The normalized spacial score (nSPS) is 15.5. The fourth-order valence-electron chi connectivity index (χ4n) is 2.94. The Hall–Kier alpha value is -2.81. The first kappa shape index (κ1) is 19.0. The van der Waals surface area contributed by atoms with Crippen LogP contribution in [0.5, 0.6) is 0 Å². The Labute approximate surface area is 158 Å². The number of guanidine groups is 1. The number of carbonyl (C=O) groups is 1. The van der Waals surface area contributed by atoms with Crippen molar-refractivity contribution < 1.29 is 13.9 Å². The molecule has 2 aromatic rings. The molecule has 1 aliphatic heterocycles. The summed E-state index contributed by atoms with van der Waals surface area (Å²) in [6.45, 7) is 3.31. The standard InChI is InChI=1S/C18H26N6O3/c1-22-13-15(12-21-22)24-9-8-23(14-17(24)25)18(20-7-11-26-2)19-6-5-16-4-3-10-27-16/h3-4,10,12-13H,5-9,11,14H2,1-2H3,(H,19,20). The molecule has 3 rings (SSSR count). The zero-order valence-electron chi connectivity index (χ0n) is 15.8. The minimum absolute atomic E-state index is 0.0292. The van der Waals surface area contributed by atoms with E-state index in [1.807, 2.05) is 30.3 Å². The van der Waals surface area contributed by atoms with Crippen molar-refractivity contribution in [3.05, 3.63) is 36.5 Å². The van der Waals surface area contributed by atoms with Crippen molar-refractivity contribution in [2.24, 2.45) is 12.0 Å². The van der Waals surface area contributed by atoms with Crippen molar-refractivity contribution >= 4 is 17.6 Å². The maximum absolute atomic E-state index is 12.6. The van der Waals surface area contributed by atoms with E-state index in [0.717, 1.165) is 23.8 Å². The van der Waals surface area contributed by atoms with Crippen molar-refractivity contribution in [1.82, 2.24) is 20.0 Å². The smallest absolute Gasteiger partial charge is 0.246 e. The van der Waals surface area contributed by atoms with Gasteiger partial charge in [-0.25, -0.2) is 0 Å². The molecule has 0 bridgehead atoms. The number of nitrogens with one attached hydrogen (secondary N) is 1. The first-order valence-electron chi connectivity index (χ1n) is 9.01. The van der Waals surface area contributed by atoms with Gasteiger partial charge in [-0.1, -0.05) is 0 Å². The number of piperazine rings is 1. The summed E-state index contributed by atoms with van der Waals surface area (Å²) in [5.74, 6) is 1.66. The molecule has 1 N–H and O–H groups in total. The van der Waals surface area contributed by atoms with Crippen molar-refractivity contribution in [2.45, 2.75) is 6.42 Å². The van der Waals surface area contributed by atoms with Gasteiger partial charge in [0.1, 0.15) is 12.3 Å². The lowest BCUT2D eigenvalue weighted by Gasteiger charge is -2.35. The molecular weight excluding hydrogens is 348 g/mol. The highest BCUT2D eigenvalue weighted by Gasteiger charge is 2.27. The number of hydrogen-bond acceptors (Lipinski definition) is 5. The van der Waals surface area contributed by atoms with Gasteiger partial charge < -0.3 is 24.3 Å². The molecule has 146 valence electrons. The second kappa shape index (κ2) is 9.22. The lowest BCUT2D eigenvalue weighted by atomic mass is 10.3. The fourth-order valence-corrected chi connectivity index (χ4v) is 2.94. The van der Waals surface area contributed by atoms with Crippen molar-refractivity contribution in [3.8, 4) is 0 Å². The number of nitrogens with zero attached hydrogens (tertiary/aromatic N) is 5. The Morgan fingerprint density at radius 3 is 3.00 bits per heavy atom. The molecule has 1 aliphatic rings. The third kappa shape index (κ3) is 5.10. The average Bonchev–Trinajstić information content (AvgIpc) is 3.32. The van der Waals surface area contributed by atoms with E-state index in [1.54, 1.807) is 29.2 Å². The molecule has 9 heteroatoms. The molecule has 0 radical (unpaired) electrons. The predicted molar refractivity (Wildman–Crippen MR) is 102 cm³/mol. The minimum atomic E-state index is 0.0292.